The Morgan fingerprint density at radius 2 is 2.11 bits per heavy atom. The van der Waals surface area contributed by atoms with Gasteiger partial charge in [0.05, 0.1) is 37.6 Å². The van der Waals surface area contributed by atoms with Crippen LogP contribution in [0.25, 0.3) is 0 Å². The van der Waals surface area contributed by atoms with Crippen LogP contribution in [-0.4, -0.2) is 66.6 Å². The van der Waals surface area contributed by atoms with Gasteiger partial charge in [0.1, 0.15) is 5.82 Å². The number of amides is 1. The van der Waals surface area contributed by atoms with Gasteiger partial charge in [0.2, 0.25) is 15.9 Å². The summed E-state index contributed by atoms with van der Waals surface area (Å²) in [7, 11) is -1.80. The number of hydrogen-bond donors (Lipinski definition) is 1. The van der Waals surface area contributed by atoms with Crippen molar-refractivity contribution in [2.45, 2.75) is 44.7 Å². The van der Waals surface area contributed by atoms with E-state index in [0.717, 1.165) is 25.5 Å². The molecule has 10 heteroatoms. The number of ether oxygens (including phenoxy) is 1. The average molecular weight is 398 g/mol. The molecule has 1 amide bonds. The maximum absolute atomic E-state index is 12.5. The van der Waals surface area contributed by atoms with Crippen LogP contribution in [0.15, 0.2) is 4.79 Å². The summed E-state index contributed by atoms with van der Waals surface area (Å²) >= 11 is 0. The van der Waals surface area contributed by atoms with Crippen LogP contribution in [0.5, 0.6) is 0 Å². The number of carbonyl (C=O) groups excluding carboxylic acids is 1. The van der Waals surface area contributed by atoms with Crippen LogP contribution in [0.2, 0.25) is 0 Å². The van der Waals surface area contributed by atoms with E-state index in [-0.39, 0.29) is 37.0 Å². The Labute approximate surface area is 158 Å². The van der Waals surface area contributed by atoms with Gasteiger partial charge in [0.25, 0.3) is 5.56 Å². The summed E-state index contributed by atoms with van der Waals surface area (Å²) in [5.74, 6) is 0.416. The number of piperidine rings is 1. The Kier molecular flexibility index (Phi) is 5.97. The quantitative estimate of drug-likeness (QED) is 0.757. The third-order valence-corrected chi connectivity index (χ3v) is 6.43. The predicted octanol–water partition coefficient (Wildman–Crippen LogP) is 0.178. The first-order valence-electron chi connectivity index (χ1n) is 9.16. The van der Waals surface area contributed by atoms with Crippen molar-refractivity contribution in [1.82, 2.24) is 19.2 Å². The first-order valence-corrected chi connectivity index (χ1v) is 11.0. The van der Waals surface area contributed by atoms with Gasteiger partial charge in [-0.3, -0.25) is 9.59 Å². The van der Waals surface area contributed by atoms with Crippen molar-refractivity contribution < 1.29 is 17.9 Å². The number of sulfonamides is 1. The summed E-state index contributed by atoms with van der Waals surface area (Å²) in [6.07, 6.45) is 4.34. The second-order valence-electron chi connectivity index (χ2n) is 7.06. The number of likely N-dealkylation sites (tertiary alicyclic amines) is 1. The zero-order chi connectivity index (χ0) is 19.6. The highest BCUT2D eigenvalue weighted by Crippen LogP contribution is 2.30. The summed E-state index contributed by atoms with van der Waals surface area (Å²) in [5.41, 5.74) is 0.782. The van der Waals surface area contributed by atoms with Gasteiger partial charge in [0, 0.05) is 25.8 Å². The Morgan fingerprint density at radius 1 is 1.33 bits per heavy atom. The highest BCUT2D eigenvalue weighted by Gasteiger charge is 2.32. The van der Waals surface area contributed by atoms with Crippen LogP contribution < -0.4 is 5.56 Å². The van der Waals surface area contributed by atoms with Crippen LogP contribution in [0.3, 0.4) is 0 Å². The molecule has 1 saturated heterocycles. The second kappa shape index (κ2) is 8.07. The predicted molar refractivity (Wildman–Crippen MR) is 98.6 cm³/mol. The third-order valence-electron chi connectivity index (χ3n) is 5.18. The van der Waals surface area contributed by atoms with Gasteiger partial charge in [-0.15, -0.1) is 0 Å². The molecule has 0 spiro atoms. The van der Waals surface area contributed by atoms with Crippen molar-refractivity contribution in [3.8, 4) is 0 Å². The minimum Gasteiger partial charge on any atom is -0.384 e. The summed E-state index contributed by atoms with van der Waals surface area (Å²) in [6, 6.07) is -0.297. The number of nitrogens with one attached hydrogen (secondary N) is 1. The van der Waals surface area contributed by atoms with E-state index in [1.54, 1.807) is 12.0 Å². The first-order chi connectivity index (χ1) is 12.8. The van der Waals surface area contributed by atoms with Crippen LogP contribution in [0.1, 0.15) is 48.8 Å². The monoisotopic (exact) mass is 398 g/mol. The zero-order valence-corrected chi connectivity index (χ0v) is 16.5. The van der Waals surface area contributed by atoms with E-state index in [1.807, 2.05) is 0 Å². The lowest BCUT2D eigenvalue weighted by Gasteiger charge is -2.35. The fourth-order valence-electron chi connectivity index (χ4n) is 3.72. The standard InChI is InChI=1S/C17H26N4O5S/c1-26-10-7-15(22)21-8-4-3-5-14(21)16-18-13-11-20(27(2,24)25)9-6-12(13)17(23)19-16/h14H,3-11H2,1-2H3,(H,18,19,23)/t14-/m0/s1. The molecule has 1 N–H and O–H groups in total. The molecule has 1 fully saturated rings. The van der Waals surface area contributed by atoms with Gasteiger partial charge in [-0.25, -0.2) is 13.4 Å². The normalized spacial score (nSPS) is 21.1. The summed E-state index contributed by atoms with van der Waals surface area (Å²) in [4.78, 5) is 34.3. The topological polar surface area (TPSA) is 113 Å². The van der Waals surface area contributed by atoms with Crippen LogP contribution in [0, 0.1) is 0 Å². The van der Waals surface area contributed by atoms with E-state index < -0.39 is 10.0 Å². The molecule has 0 bridgehead atoms. The second-order valence-corrected chi connectivity index (χ2v) is 9.05. The molecule has 0 aromatic carbocycles. The molecule has 0 radical (unpaired) electrons. The summed E-state index contributed by atoms with van der Waals surface area (Å²) < 4.78 is 30.0. The number of aromatic amines is 1. The molecule has 150 valence electrons. The number of rotatable bonds is 5. The number of nitrogens with zero attached hydrogens (tertiary/aromatic N) is 3. The maximum Gasteiger partial charge on any atom is 0.254 e. The van der Waals surface area contributed by atoms with Gasteiger partial charge in [-0.1, -0.05) is 0 Å². The molecule has 9 nitrogen and oxygen atoms in total. The highest BCUT2D eigenvalue weighted by atomic mass is 32.2. The lowest BCUT2D eigenvalue weighted by molar-refractivity contribution is -0.136. The highest BCUT2D eigenvalue weighted by molar-refractivity contribution is 7.88. The van der Waals surface area contributed by atoms with Gasteiger partial charge < -0.3 is 14.6 Å². The van der Waals surface area contributed by atoms with Gasteiger partial charge in [0.15, 0.2) is 0 Å². The molecule has 0 saturated carbocycles. The van der Waals surface area contributed by atoms with Crippen LogP contribution >= 0.6 is 0 Å². The molecule has 1 aromatic heterocycles. The van der Waals surface area contributed by atoms with E-state index in [0.29, 0.717) is 36.7 Å². The summed E-state index contributed by atoms with van der Waals surface area (Å²) in [6.45, 7) is 1.33. The van der Waals surface area contributed by atoms with Crippen molar-refractivity contribution >= 4 is 15.9 Å². The largest absolute Gasteiger partial charge is 0.384 e. The molecular formula is C17H26N4O5S. The van der Waals surface area contributed by atoms with Crippen molar-refractivity contribution in [2.75, 3.05) is 33.1 Å². The smallest absolute Gasteiger partial charge is 0.254 e. The maximum atomic E-state index is 12.5. The lowest BCUT2D eigenvalue weighted by Crippen LogP contribution is -2.42. The van der Waals surface area contributed by atoms with E-state index in [2.05, 4.69) is 9.97 Å². The van der Waals surface area contributed by atoms with Crippen LogP contribution in [0.4, 0.5) is 0 Å². The number of carbonyl (C=O) groups is 1. The zero-order valence-electron chi connectivity index (χ0n) is 15.7. The molecular weight excluding hydrogens is 372 g/mol. The van der Waals surface area contributed by atoms with Gasteiger partial charge in [-0.2, -0.15) is 4.31 Å². The number of methoxy groups -OCH3 is 1. The van der Waals surface area contributed by atoms with E-state index >= 15 is 0 Å². The van der Waals surface area contributed by atoms with Crippen molar-refractivity contribution in [2.24, 2.45) is 0 Å². The number of aromatic nitrogens is 2. The van der Waals surface area contributed by atoms with Crippen molar-refractivity contribution in [1.29, 1.82) is 0 Å². The SMILES string of the molecule is COCCC(=O)N1CCCC[C@H]1c1nc2c(c(=O)[nH]1)CCN(S(C)(=O)=O)C2. The Hall–Kier alpha value is -1.78. The number of hydrogen-bond acceptors (Lipinski definition) is 6. The lowest BCUT2D eigenvalue weighted by atomic mass is 10.00. The Balaban J connectivity index is 1.91. The molecule has 1 aromatic rings. The molecule has 2 aliphatic rings. The molecule has 3 heterocycles. The van der Waals surface area contributed by atoms with Crippen LogP contribution in [-0.2, 0) is 32.5 Å². The van der Waals surface area contributed by atoms with Crippen molar-refractivity contribution in [3.05, 3.63) is 27.4 Å². The average Bonchev–Trinajstić information content (AvgIpc) is 2.65. The fourth-order valence-corrected chi connectivity index (χ4v) is 4.50. The molecule has 0 unspecified atom stereocenters. The minimum atomic E-state index is -3.35. The van der Waals surface area contributed by atoms with Crippen molar-refractivity contribution in [3.63, 3.8) is 0 Å². The van der Waals surface area contributed by atoms with E-state index in [9.17, 15) is 18.0 Å². The molecule has 27 heavy (non-hydrogen) atoms. The first kappa shape index (κ1) is 20.0. The molecule has 1 atom stereocenters. The minimum absolute atomic E-state index is 0.0281. The van der Waals surface area contributed by atoms with Gasteiger partial charge >= 0.3 is 0 Å². The molecule has 3 rings (SSSR count). The molecule has 2 aliphatic heterocycles. The molecule has 0 aliphatic carbocycles. The fraction of sp³-hybridized carbons (Fsp3) is 0.706. The van der Waals surface area contributed by atoms with Gasteiger partial charge in [-0.05, 0) is 25.7 Å². The Bertz CT molecular complexity index is 867. The van der Waals surface area contributed by atoms with E-state index in [1.165, 1.54) is 4.31 Å². The van der Waals surface area contributed by atoms with E-state index in [4.69, 9.17) is 4.74 Å². The summed E-state index contributed by atoms with van der Waals surface area (Å²) in [5, 5.41) is 0. The third kappa shape index (κ3) is 4.39. The number of H-pyrrole nitrogens is 1. The Morgan fingerprint density at radius 3 is 2.81 bits per heavy atom. The number of fused-ring (bicyclic) bond motifs is 1.